The van der Waals surface area contributed by atoms with Crippen LogP contribution < -0.4 is 10.6 Å². The van der Waals surface area contributed by atoms with E-state index in [4.69, 9.17) is 4.74 Å². The largest absolute Gasteiger partial charge is 0.507 e. The molecule has 6 heteroatoms. The summed E-state index contributed by atoms with van der Waals surface area (Å²) in [6.07, 6.45) is -0.424. The first-order chi connectivity index (χ1) is 9.98. The number of hydrogen-bond donors (Lipinski definition) is 3. The summed E-state index contributed by atoms with van der Waals surface area (Å²) in [5.41, 5.74) is 0.0975. The van der Waals surface area contributed by atoms with Gasteiger partial charge in [0.2, 0.25) is 0 Å². The molecular formula is C16H25BrN2O3. The summed E-state index contributed by atoms with van der Waals surface area (Å²) in [6.45, 7) is 10.6. The van der Waals surface area contributed by atoms with Crippen molar-refractivity contribution in [3.8, 4) is 5.75 Å². The van der Waals surface area contributed by atoms with Gasteiger partial charge in [0.05, 0.1) is 10.0 Å². The van der Waals surface area contributed by atoms with Crippen LogP contribution >= 0.6 is 15.9 Å². The summed E-state index contributed by atoms with van der Waals surface area (Å²) in [6, 6.07) is 5.35. The first-order valence-electron chi connectivity index (χ1n) is 7.18. The Morgan fingerprint density at radius 2 is 1.91 bits per heavy atom. The molecule has 0 fully saturated rings. The monoisotopic (exact) mass is 372 g/mol. The van der Waals surface area contributed by atoms with Crippen LogP contribution in [0, 0.1) is 0 Å². The number of carbonyl (C=O) groups is 1. The lowest BCUT2D eigenvalue weighted by atomic mass is 10.1. The highest BCUT2D eigenvalue weighted by Crippen LogP contribution is 2.24. The van der Waals surface area contributed by atoms with E-state index in [0.717, 1.165) is 5.56 Å². The molecule has 0 aromatic heterocycles. The molecule has 22 heavy (non-hydrogen) atoms. The maximum absolute atomic E-state index is 11.8. The number of phenolic OH excluding ortho intramolecular Hbond substituents is 1. The molecule has 0 unspecified atom stereocenters. The molecule has 1 aromatic rings. The highest BCUT2D eigenvalue weighted by atomic mass is 79.9. The second kappa shape index (κ2) is 7.33. The Balaban J connectivity index is 2.45. The predicted octanol–water partition coefficient (Wildman–Crippen LogP) is 3.55. The summed E-state index contributed by atoms with van der Waals surface area (Å²) in [5, 5.41) is 15.6. The summed E-state index contributed by atoms with van der Waals surface area (Å²) in [4.78, 5) is 11.8. The van der Waals surface area contributed by atoms with Gasteiger partial charge in [-0.2, -0.15) is 0 Å². The second-order valence-electron chi connectivity index (χ2n) is 6.90. The fraction of sp³-hybridized carbons (Fsp3) is 0.562. The molecule has 1 rings (SSSR count). The molecule has 0 aliphatic rings. The Labute approximate surface area is 140 Å². The maximum Gasteiger partial charge on any atom is 0.408 e. The quantitative estimate of drug-likeness (QED) is 0.738. The van der Waals surface area contributed by atoms with E-state index < -0.39 is 17.2 Å². The van der Waals surface area contributed by atoms with Gasteiger partial charge in [-0.3, -0.25) is 0 Å². The smallest absolute Gasteiger partial charge is 0.408 e. The highest BCUT2D eigenvalue weighted by molar-refractivity contribution is 9.10. The zero-order valence-corrected chi connectivity index (χ0v) is 15.4. The summed E-state index contributed by atoms with van der Waals surface area (Å²) in [7, 11) is 0. The van der Waals surface area contributed by atoms with Gasteiger partial charge in [0, 0.05) is 13.1 Å². The SMILES string of the molecule is CC(C)(CNCc1ccc(O)c(Br)c1)NC(=O)OC(C)(C)C. The Morgan fingerprint density at radius 1 is 1.27 bits per heavy atom. The first-order valence-corrected chi connectivity index (χ1v) is 7.97. The number of aromatic hydroxyl groups is 1. The molecule has 0 saturated heterocycles. The van der Waals surface area contributed by atoms with Gasteiger partial charge in [-0.15, -0.1) is 0 Å². The van der Waals surface area contributed by atoms with Crippen molar-refractivity contribution in [2.45, 2.75) is 52.3 Å². The molecule has 3 N–H and O–H groups in total. The number of halogens is 1. The van der Waals surface area contributed by atoms with Crippen LogP contribution in [0.15, 0.2) is 22.7 Å². The van der Waals surface area contributed by atoms with E-state index in [1.165, 1.54) is 0 Å². The number of amides is 1. The number of alkyl carbamates (subject to hydrolysis) is 1. The maximum atomic E-state index is 11.8. The molecule has 1 amide bonds. The van der Waals surface area contributed by atoms with Crippen LogP contribution in [0.1, 0.15) is 40.2 Å². The zero-order chi connectivity index (χ0) is 17.0. The third-order valence-electron chi connectivity index (χ3n) is 2.75. The predicted molar refractivity (Wildman–Crippen MR) is 91.0 cm³/mol. The molecule has 0 saturated carbocycles. The van der Waals surface area contributed by atoms with Crippen molar-refractivity contribution in [2.24, 2.45) is 0 Å². The van der Waals surface area contributed by atoms with Crippen molar-refractivity contribution >= 4 is 22.0 Å². The molecule has 0 aliphatic heterocycles. The molecule has 1 aromatic carbocycles. The number of rotatable bonds is 5. The average Bonchev–Trinajstić information content (AvgIpc) is 2.30. The third-order valence-corrected chi connectivity index (χ3v) is 3.38. The lowest BCUT2D eigenvalue weighted by molar-refractivity contribution is 0.0472. The molecule has 0 radical (unpaired) electrons. The van der Waals surface area contributed by atoms with Crippen LogP contribution in [0.2, 0.25) is 0 Å². The van der Waals surface area contributed by atoms with E-state index in [-0.39, 0.29) is 5.75 Å². The standard InChI is InChI=1S/C16H25BrN2O3/c1-15(2,3)22-14(21)19-16(4,5)10-18-9-11-6-7-13(20)12(17)8-11/h6-8,18,20H,9-10H2,1-5H3,(H,19,21). The molecule has 0 heterocycles. The molecule has 124 valence electrons. The lowest BCUT2D eigenvalue weighted by Gasteiger charge is -2.29. The lowest BCUT2D eigenvalue weighted by Crippen LogP contribution is -2.51. The van der Waals surface area contributed by atoms with E-state index in [1.807, 2.05) is 46.8 Å². The van der Waals surface area contributed by atoms with Gasteiger partial charge in [-0.25, -0.2) is 4.79 Å². The number of phenols is 1. The highest BCUT2D eigenvalue weighted by Gasteiger charge is 2.24. The molecular weight excluding hydrogens is 348 g/mol. The first kappa shape index (κ1) is 18.8. The van der Waals surface area contributed by atoms with Gasteiger partial charge in [0.25, 0.3) is 0 Å². The summed E-state index contributed by atoms with van der Waals surface area (Å²) >= 11 is 3.29. The molecule has 0 atom stereocenters. The Morgan fingerprint density at radius 3 is 2.45 bits per heavy atom. The van der Waals surface area contributed by atoms with Crippen LogP contribution in [-0.2, 0) is 11.3 Å². The summed E-state index contributed by atoms with van der Waals surface area (Å²) in [5.74, 6) is 0.218. The van der Waals surface area contributed by atoms with Crippen LogP contribution in [0.5, 0.6) is 5.75 Å². The van der Waals surface area contributed by atoms with Gasteiger partial charge in [-0.1, -0.05) is 6.07 Å². The Bertz CT molecular complexity index is 525. The van der Waals surface area contributed by atoms with Crippen molar-refractivity contribution in [3.05, 3.63) is 28.2 Å². The van der Waals surface area contributed by atoms with Crippen molar-refractivity contribution in [1.29, 1.82) is 0 Å². The van der Waals surface area contributed by atoms with Crippen LogP contribution in [0.4, 0.5) is 4.79 Å². The van der Waals surface area contributed by atoms with Gasteiger partial charge >= 0.3 is 6.09 Å². The number of nitrogens with one attached hydrogen (secondary N) is 2. The normalized spacial score (nSPS) is 12.1. The second-order valence-corrected chi connectivity index (χ2v) is 7.75. The minimum Gasteiger partial charge on any atom is -0.507 e. The topological polar surface area (TPSA) is 70.6 Å². The van der Waals surface area contributed by atoms with E-state index in [2.05, 4.69) is 26.6 Å². The fourth-order valence-electron chi connectivity index (χ4n) is 1.80. The van der Waals surface area contributed by atoms with Crippen LogP contribution in [-0.4, -0.2) is 28.9 Å². The number of hydrogen-bond acceptors (Lipinski definition) is 4. The average molecular weight is 373 g/mol. The third kappa shape index (κ3) is 7.13. The minimum absolute atomic E-state index is 0.218. The van der Waals surface area contributed by atoms with Gasteiger partial charge in [0.15, 0.2) is 0 Å². The van der Waals surface area contributed by atoms with Crippen molar-refractivity contribution in [1.82, 2.24) is 10.6 Å². The van der Waals surface area contributed by atoms with E-state index >= 15 is 0 Å². The Hall–Kier alpha value is -1.27. The van der Waals surface area contributed by atoms with Crippen LogP contribution in [0.25, 0.3) is 0 Å². The van der Waals surface area contributed by atoms with Gasteiger partial charge in [-0.05, 0) is 68.2 Å². The van der Waals surface area contributed by atoms with Gasteiger partial charge < -0.3 is 20.5 Å². The van der Waals surface area contributed by atoms with E-state index in [1.54, 1.807) is 6.07 Å². The molecule has 0 spiro atoms. The molecule has 5 nitrogen and oxygen atoms in total. The summed E-state index contributed by atoms with van der Waals surface area (Å²) < 4.78 is 5.92. The van der Waals surface area contributed by atoms with E-state index in [9.17, 15) is 9.90 Å². The number of benzene rings is 1. The zero-order valence-electron chi connectivity index (χ0n) is 13.8. The van der Waals surface area contributed by atoms with Gasteiger partial charge in [0.1, 0.15) is 11.4 Å². The number of carbonyl (C=O) groups excluding carboxylic acids is 1. The fourth-order valence-corrected chi connectivity index (χ4v) is 2.23. The number of ether oxygens (including phenoxy) is 1. The molecule has 0 bridgehead atoms. The van der Waals surface area contributed by atoms with Crippen molar-refractivity contribution in [3.63, 3.8) is 0 Å². The minimum atomic E-state index is -0.508. The van der Waals surface area contributed by atoms with Crippen molar-refractivity contribution in [2.75, 3.05) is 6.54 Å². The van der Waals surface area contributed by atoms with Crippen LogP contribution in [0.3, 0.4) is 0 Å². The molecule has 0 aliphatic carbocycles. The van der Waals surface area contributed by atoms with Crippen molar-refractivity contribution < 1.29 is 14.6 Å². The Kier molecular flexibility index (Phi) is 6.26. The van der Waals surface area contributed by atoms with E-state index in [0.29, 0.717) is 17.6 Å².